The maximum atomic E-state index is 11.7. The quantitative estimate of drug-likeness (QED) is 0.220. The number of unbranched alkanes of at least 4 members (excludes halogenated alkanes) is 3. The molecule has 0 aromatic carbocycles. The van der Waals surface area contributed by atoms with Gasteiger partial charge in [-0.3, -0.25) is 9.52 Å². The van der Waals surface area contributed by atoms with Gasteiger partial charge in [0.2, 0.25) is 15.9 Å². The molecule has 0 aromatic heterocycles. The summed E-state index contributed by atoms with van der Waals surface area (Å²) in [6.07, 6.45) is 12.2. The molecule has 0 aliphatic heterocycles. The van der Waals surface area contributed by atoms with Crippen LogP contribution in [-0.4, -0.2) is 53.7 Å². The summed E-state index contributed by atoms with van der Waals surface area (Å²) in [6.45, 7) is 3.86. The number of hydrogen-bond donors (Lipinski definition) is 4. The smallest absolute Gasteiger partial charge is 0.234 e. The normalized spacial score (nSPS) is 25.5. The number of allylic oxidation sites excluding steroid dienone is 2. The molecule has 0 spiro atoms. The van der Waals surface area contributed by atoms with Gasteiger partial charge in [0.25, 0.3) is 0 Å². The van der Waals surface area contributed by atoms with Gasteiger partial charge in [-0.2, -0.15) is 0 Å². The number of carbonyl (C=O) groups is 1. The lowest BCUT2D eigenvalue weighted by Gasteiger charge is -2.19. The van der Waals surface area contributed by atoms with Gasteiger partial charge >= 0.3 is 0 Å². The van der Waals surface area contributed by atoms with Crippen molar-refractivity contribution in [2.75, 3.05) is 5.75 Å². The first-order chi connectivity index (χ1) is 14.7. The highest BCUT2D eigenvalue weighted by atomic mass is 32.2. The zero-order valence-corrected chi connectivity index (χ0v) is 19.8. The van der Waals surface area contributed by atoms with Gasteiger partial charge in [0.15, 0.2) is 0 Å². The van der Waals surface area contributed by atoms with E-state index in [9.17, 15) is 28.5 Å². The fraction of sp³-hybridized carbons (Fsp3) is 0.783. The molecule has 0 unspecified atom stereocenters. The average Bonchev–Trinajstić information content (AvgIpc) is 2.95. The van der Waals surface area contributed by atoms with Crippen LogP contribution in [0, 0.1) is 11.8 Å². The highest BCUT2D eigenvalue weighted by Gasteiger charge is 2.39. The number of aliphatic hydroxyl groups is 3. The topological polar surface area (TPSA) is 124 Å². The van der Waals surface area contributed by atoms with Crippen LogP contribution in [0.3, 0.4) is 0 Å². The fourth-order valence-electron chi connectivity index (χ4n) is 3.96. The zero-order valence-electron chi connectivity index (χ0n) is 18.9. The van der Waals surface area contributed by atoms with Crippen LogP contribution in [0.15, 0.2) is 24.3 Å². The summed E-state index contributed by atoms with van der Waals surface area (Å²) in [5.41, 5.74) is 0. The van der Waals surface area contributed by atoms with E-state index in [0.29, 0.717) is 38.5 Å². The molecule has 1 rings (SSSR count). The van der Waals surface area contributed by atoms with Gasteiger partial charge in [-0.25, -0.2) is 8.42 Å². The molecule has 31 heavy (non-hydrogen) atoms. The van der Waals surface area contributed by atoms with Crippen LogP contribution < -0.4 is 4.72 Å². The first-order valence-corrected chi connectivity index (χ1v) is 13.3. The van der Waals surface area contributed by atoms with Crippen molar-refractivity contribution >= 4 is 15.9 Å². The summed E-state index contributed by atoms with van der Waals surface area (Å²) in [5.74, 6) is -0.860. The fourth-order valence-corrected chi connectivity index (χ4v) is 5.05. The molecule has 180 valence electrons. The molecule has 0 bridgehead atoms. The molecule has 0 heterocycles. The third kappa shape index (κ3) is 11.3. The lowest BCUT2D eigenvalue weighted by atomic mass is 9.89. The second-order valence-electron chi connectivity index (χ2n) is 8.50. The van der Waals surface area contributed by atoms with E-state index < -0.39 is 34.2 Å². The van der Waals surface area contributed by atoms with E-state index >= 15 is 0 Å². The Balaban J connectivity index is 2.42. The van der Waals surface area contributed by atoms with Crippen molar-refractivity contribution in [3.8, 4) is 0 Å². The predicted molar refractivity (Wildman–Crippen MR) is 123 cm³/mol. The highest BCUT2D eigenvalue weighted by molar-refractivity contribution is 7.90. The number of nitrogens with one attached hydrogen (secondary N) is 1. The van der Waals surface area contributed by atoms with E-state index in [4.69, 9.17) is 0 Å². The second kappa shape index (κ2) is 14.8. The maximum absolute atomic E-state index is 11.7. The monoisotopic (exact) mass is 459 g/mol. The average molecular weight is 460 g/mol. The van der Waals surface area contributed by atoms with Crippen LogP contribution in [0.25, 0.3) is 0 Å². The van der Waals surface area contributed by atoms with Gasteiger partial charge in [0.05, 0.1) is 24.1 Å². The molecule has 1 saturated carbocycles. The number of carbonyl (C=O) groups excluding carboxylic acids is 1. The molecule has 1 aliphatic rings. The minimum atomic E-state index is -3.52. The molecule has 1 amide bonds. The molecule has 7 nitrogen and oxygen atoms in total. The molecule has 8 heteroatoms. The van der Waals surface area contributed by atoms with Crippen molar-refractivity contribution in [3.05, 3.63) is 24.3 Å². The summed E-state index contributed by atoms with van der Waals surface area (Å²) >= 11 is 0. The van der Waals surface area contributed by atoms with Crippen LogP contribution >= 0.6 is 0 Å². The van der Waals surface area contributed by atoms with Gasteiger partial charge in [-0.1, -0.05) is 57.4 Å². The van der Waals surface area contributed by atoms with Crippen molar-refractivity contribution in [2.24, 2.45) is 11.8 Å². The van der Waals surface area contributed by atoms with Crippen molar-refractivity contribution in [2.45, 2.75) is 96.4 Å². The lowest BCUT2D eigenvalue weighted by Crippen LogP contribution is -2.32. The van der Waals surface area contributed by atoms with Crippen LogP contribution in [0.5, 0.6) is 0 Å². The standard InChI is InChI=1S/C23H41NO6S/c1-3-5-8-11-18(25)14-15-20-19(21(26)17-22(20)27)12-9-6-7-10-13-23(28)24-31(29,30)16-4-2/h6,9,14-15,18-22,25-27H,3-5,7-8,10-13,16-17H2,1-2H3,(H,24,28)/b9-6-,15-14+/t18-,19+,20+,21-,22+/m0/s1. The van der Waals surface area contributed by atoms with Crippen LogP contribution in [-0.2, 0) is 14.8 Å². The van der Waals surface area contributed by atoms with Gasteiger partial charge in [0.1, 0.15) is 0 Å². The molecule has 1 aliphatic carbocycles. The van der Waals surface area contributed by atoms with E-state index in [1.54, 1.807) is 13.0 Å². The minimum Gasteiger partial charge on any atom is -0.393 e. The Morgan fingerprint density at radius 1 is 1.10 bits per heavy atom. The maximum Gasteiger partial charge on any atom is 0.234 e. The highest BCUT2D eigenvalue weighted by Crippen LogP contribution is 2.36. The van der Waals surface area contributed by atoms with Crippen LogP contribution in [0.4, 0.5) is 0 Å². The number of hydrogen-bond acceptors (Lipinski definition) is 6. The molecular formula is C23H41NO6S. The molecular weight excluding hydrogens is 418 g/mol. The van der Waals surface area contributed by atoms with Gasteiger partial charge in [-0.05, 0) is 38.0 Å². The molecule has 1 fully saturated rings. The summed E-state index contributed by atoms with van der Waals surface area (Å²) in [6, 6.07) is 0. The largest absolute Gasteiger partial charge is 0.393 e. The third-order valence-corrected chi connectivity index (χ3v) is 7.15. The van der Waals surface area contributed by atoms with Crippen molar-refractivity contribution in [1.29, 1.82) is 0 Å². The van der Waals surface area contributed by atoms with Gasteiger partial charge < -0.3 is 15.3 Å². The molecule has 0 radical (unpaired) electrons. The Morgan fingerprint density at radius 2 is 1.84 bits per heavy atom. The van der Waals surface area contributed by atoms with E-state index in [-0.39, 0.29) is 24.0 Å². The molecule has 0 saturated heterocycles. The third-order valence-electron chi connectivity index (χ3n) is 5.67. The zero-order chi connectivity index (χ0) is 23.3. The Hall–Kier alpha value is -1.22. The predicted octanol–water partition coefficient (Wildman–Crippen LogP) is 2.81. The Labute approximate surface area is 187 Å². The van der Waals surface area contributed by atoms with Gasteiger partial charge in [0, 0.05) is 18.8 Å². The minimum absolute atomic E-state index is 0.0560. The van der Waals surface area contributed by atoms with E-state index in [0.717, 1.165) is 19.3 Å². The van der Waals surface area contributed by atoms with Crippen molar-refractivity contribution in [3.63, 3.8) is 0 Å². The Bertz CT molecular complexity index is 676. The summed E-state index contributed by atoms with van der Waals surface area (Å²) < 4.78 is 25.2. The first kappa shape index (κ1) is 27.8. The van der Waals surface area contributed by atoms with E-state index in [1.807, 2.05) is 18.2 Å². The van der Waals surface area contributed by atoms with E-state index in [2.05, 4.69) is 11.6 Å². The van der Waals surface area contributed by atoms with Gasteiger partial charge in [-0.15, -0.1) is 0 Å². The molecule has 0 aromatic rings. The molecule has 4 N–H and O–H groups in total. The van der Waals surface area contributed by atoms with Crippen LogP contribution in [0.2, 0.25) is 0 Å². The SMILES string of the molecule is CCCCC[C@H](O)/C=C/[C@@H]1[C@@H](C/C=C\CCCC(=O)NS(=O)(=O)CCC)[C@@H](O)C[C@H]1O. The number of amides is 1. The van der Waals surface area contributed by atoms with Crippen LogP contribution in [0.1, 0.15) is 78.1 Å². The Morgan fingerprint density at radius 3 is 2.52 bits per heavy atom. The number of rotatable bonds is 15. The summed E-state index contributed by atoms with van der Waals surface area (Å²) in [4.78, 5) is 11.7. The lowest BCUT2D eigenvalue weighted by molar-refractivity contribution is -0.119. The first-order valence-electron chi connectivity index (χ1n) is 11.6. The second-order valence-corrected chi connectivity index (χ2v) is 10.3. The Kier molecular flexibility index (Phi) is 13.3. The van der Waals surface area contributed by atoms with Crippen molar-refractivity contribution < 1.29 is 28.5 Å². The summed E-state index contributed by atoms with van der Waals surface area (Å²) in [5, 5.41) is 30.7. The molecule has 5 atom stereocenters. The van der Waals surface area contributed by atoms with E-state index in [1.165, 1.54) is 0 Å². The number of aliphatic hydroxyl groups excluding tert-OH is 3. The number of sulfonamides is 1. The van der Waals surface area contributed by atoms with Crippen molar-refractivity contribution in [1.82, 2.24) is 4.72 Å². The summed E-state index contributed by atoms with van der Waals surface area (Å²) in [7, 11) is -3.52.